The van der Waals surface area contributed by atoms with E-state index >= 15 is 4.39 Å². The Balaban J connectivity index is 1.76. The lowest BCUT2D eigenvalue weighted by Gasteiger charge is -2.11. The van der Waals surface area contributed by atoms with Gasteiger partial charge in [-0.1, -0.05) is 29.8 Å². The second-order valence-electron chi connectivity index (χ2n) is 6.35. The van der Waals surface area contributed by atoms with E-state index in [2.05, 4.69) is 15.3 Å². The molecular formula is C19H13ClFN5O5S. The highest BCUT2D eigenvalue weighted by Gasteiger charge is 2.25. The number of benzene rings is 1. The second kappa shape index (κ2) is 8.05. The van der Waals surface area contributed by atoms with Crippen molar-refractivity contribution in [2.24, 2.45) is 0 Å². The first-order chi connectivity index (χ1) is 15.3. The van der Waals surface area contributed by atoms with Crippen molar-refractivity contribution in [3.8, 4) is 11.5 Å². The maximum Gasteiger partial charge on any atom is 0.388 e. The van der Waals surface area contributed by atoms with E-state index in [4.69, 9.17) is 16.3 Å². The van der Waals surface area contributed by atoms with Gasteiger partial charge in [-0.2, -0.15) is 0 Å². The molecule has 0 bridgehead atoms. The van der Waals surface area contributed by atoms with Gasteiger partial charge in [-0.15, -0.1) is 0 Å². The maximum atomic E-state index is 15.1. The van der Waals surface area contributed by atoms with Crippen molar-refractivity contribution in [2.75, 3.05) is 12.4 Å². The van der Waals surface area contributed by atoms with Gasteiger partial charge in [-0.05, 0) is 28.1 Å². The monoisotopic (exact) mass is 477 g/mol. The molecule has 32 heavy (non-hydrogen) atoms. The number of nitrogens with one attached hydrogen (secondary N) is 1. The molecule has 4 rings (SSSR count). The van der Waals surface area contributed by atoms with Crippen LogP contribution in [0.1, 0.15) is 0 Å². The fourth-order valence-corrected chi connectivity index (χ4v) is 4.58. The van der Waals surface area contributed by atoms with Gasteiger partial charge in [0.25, 0.3) is 10.0 Å². The summed E-state index contributed by atoms with van der Waals surface area (Å²) in [5, 5.41) is 13.3. The molecule has 4 aromatic rings. The van der Waals surface area contributed by atoms with Crippen molar-refractivity contribution in [3.63, 3.8) is 0 Å². The predicted octanol–water partition coefficient (Wildman–Crippen LogP) is 4.20. The standard InChI is InChI=1S/C19H13ClFN5O5S/c1-22-17-15(20)13(9-24-19(17)26(27)28)31-14-10-23-18-12(16(14)21)7-8-25(18)32(29,30)11-5-3-2-4-6-11/h2-10,22H,1H3. The summed E-state index contributed by atoms with van der Waals surface area (Å²) in [5.41, 5.74) is -0.244. The van der Waals surface area contributed by atoms with E-state index in [9.17, 15) is 18.5 Å². The first kappa shape index (κ1) is 21.5. The molecule has 0 saturated heterocycles. The third kappa shape index (κ3) is 3.48. The first-order valence-electron chi connectivity index (χ1n) is 8.90. The van der Waals surface area contributed by atoms with E-state index in [0.29, 0.717) is 0 Å². The summed E-state index contributed by atoms with van der Waals surface area (Å²) in [7, 11) is -2.59. The minimum absolute atomic E-state index is 0.0170. The summed E-state index contributed by atoms with van der Waals surface area (Å²) in [6.07, 6.45) is 3.16. The Morgan fingerprint density at radius 3 is 2.50 bits per heavy atom. The molecule has 164 valence electrons. The van der Waals surface area contributed by atoms with E-state index in [-0.39, 0.29) is 38.1 Å². The van der Waals surface area contributed by atoms with E-state index in [1.807, 2.05) is 0 Å². The minimum atomic E-state index is -4.00. The maximum absolute atomic E-state index is 15.1. The number of hydrogen-bond acceptors (Lipinski definition) is 8. The number of hydrogen-bond donors (Lipinski definition) is 1. The number of nitro groups is 1. The van der Waals surface area contributed by atoms with Gasteiger partial charge in [-0.25, -0.2) is 21.8 Å². The molecule has 0 radical (unpaired) electrons. The van der Waals surface area contributed by atoms with E-state index in [1.54, 1.807) is 18.2 Å². The fraction of sp³-hybridized carbons (Fsp3) is 0.0526. The lowest BCUT2D eigenvalue weighted by atomic mass is 10.3. The van der Waals surface area contributed by atoms with Gasteiger partial charge in [-0.3, -0.25) is 0 Å². The van der Waals surface area contributed by atoms with Crippen molar-refractivity contribution >= 4 is 44.2 Å². The van der Waals surface area contributed by atoms with Crippen molar-refractivity contribution in [2.45, 2.75) is 4.90 Å². The highest BCUT2D eigenvalue weighted by molar-refractivity contribution is 7.90. The van der Waals surface area contributed by atoms with Crippen LogP contribution in [0.4, 0.5) is 15.9 Å². The summed E-state index contributed by atoms with van der Waals surface area (Å²) in [4.78, 5) is 18.1. The van der Waals surface area contributed by atoms with Gasteiger partial charge < -0.3 is 20.2 Å². The Morgan fingerprint density at radius 2 is 1.84 bits per heavy atom. The molecule has 10 nitrogen and oxygen atoms in total. The average Bonchev–Trinajstić information content (AvgIpc) is 3.23. The lowest BCUT2D eigenvalue weighted by Crippen LogP contribution is -2.12. The minimum Gasteiger partial charge on any atom is -0.447 e. The zero-order chi connectivity index (χ0) is 23.0. The van der Waals surface area contributed by atoms with Crippen LogP contribution < -0.4 is 10.1 Å². The summed E-state index contributed by atoms with van der Waals surface area (Å²) in [5.74, 6) is -1.94. The predicted molar refractivity (Wildman–Crippen MR) is 114 cm³/mol. The number of rotatable bonds is 6. The topological polar surface area (TPSA) is 129 Å². The Kier molecular flexibility index (Phi) is 5.40. The molecule has 0 spiro atoms. The van der Waals surface area contributed by atoms with Crippen LogP contribution in [0.2, 0.25) is 5.02 Å². The largest absolute Gasteiger partial charge is 0.447 e. The Bertz CT molecular complexity index is 1460. The van der Waals surface area contributed by atoms with Crippen LogP contribution in [-0.4, -0.2) is 34.3 Å². The number of pyridine rings is 2. The van der Waals surface area contributed by atoms with Gasteiger partial charge >= 0.3 is 5.82 Å². The lowest BCUT2D eigenvalue weighted by molar-refractivity contribution is -0.388. The van der Waals surface area contributed by atoms with Gasteiger partial charge in [0.05, 0.1) is 16.5 Å². The summed E-state index contributed by atoms with van der Waals surface area (Å²) in [6, 6.07) is 8.89. The molecule has 1 aromatic carbocycles. The summed E-state index contributed by atoms with van der Waals surface area (Å²) < 4.78 is 47.2. The molecule has 0 aliphatic rings. The number of anilines is 1. The number of fused-ring (bicyclic) bond motifs is 1. The molecule has 3 aromatic heterocycles. The fourth-order valence-electron chi connectivity index (χ4n) is 3.00. The van der Waals surface area contributed by atoms with Crippen LogP contribution in [0.25, 0.3) is 11.0 Å². The Hall–Kier alpha value is -3.77. The third-order valence-corrected chi connectivity index (χ3v) is 6.55. The van der Waals surface area contributed by atoms with Crippen LogP contribution in [0, 0.1) is 15.9 Å². The zero-order valence-corrected chi connectivity index (χ0v) is 17.8. The molecule has 0 aliphatic heterocycles. The van der Waals surface area contributed by atoms with Crippen LogP contribution in [-0.2, 0) is 10.0 Å². The second-order valence-corrected chi connectivity index (χ2v) is 8.54. The van der Waals surface area contributed by atoms with Gasteiger partial charge in [0.2, 0.25) is 0 Å². The van der Waals surface area contributed by atoms with Gasteiger partial charge in [0.15, 0.2) is 34.8 Å². The number of halogens is 2. The van der Waals surface area contributed by atoms with Crippen molar-refractivity contribution < 1.29 is 22.5 Å². The Labute approximate surface area is 185 Å². The summed E-state index contributed by atoms with van der Waals surface area (Å²) in [6.45, 7) is 0. The quantitative estimate of drug-likeness (QED) is 0.323. The SMILES string of the molecule is CNc1c([N+](=O)[O-])ncc(Oc2cnc3c(ccn3S(=O)(=O)c3ccccc3)c2F)c1Cl. The number of nitrogens with zero attached hydrogens (tertiary/aromatic N) is 4. The zero-order valence-electron chi connectivity index (χ0n) is 16.2. The number of aromatic nitrogens is 3. The molecule has 0 fully saturated rings. The van der Waals surface area contributed by atoms with Crippen LogP contribution in [0.3, 0.4) is 0 Å². The van der Waals surface area contributed by atoms with E-state index in [0.717, 1.165) is 16.4 Å². The van der Waals surface area contributed by atoms with Crippen LogP contribution in [0.5, 0.6) is 11.5 Å². The van der Waals surface area contributed by atoms with Crippen molar-refractivity contribution in [1.29, 1.82) is 0 Å². The van der Waals surface area contributed by atoms with Crippen molar-refractivity contribution in [3.05, 3.63) is 75.9 Å². The third-order valence-electron chi connectivity index (χ3n) is 4.49. The number of ether oxygens (including phenoxy) is 1. The molecule has 0 saturated carbocycles. The average molecular weight is 478 g/mol. The highest BCUT2D eigenvalue weighted by Crippen LogP contribution is 2.40. The molecule has 0 atom stereocenters. The van der Waals surface area contributed by atoms with E-state index < -0.39 is 26.6 Å². The summed E-state index contributed by atoms with van der Waals surface area (Å²) >= 11 is 6.15. The molecule has 3 heterocycles. The van der Waals surface area contributed by atoms with Crippen LogP contribution >= 0.6 is 11.6 Å². The molecule has 1 N–H and O–H groups in total. The Morgan fingerprint density at radius 1 is 1.16 bits per heavy atom. The molecular weight excluding hydrogens is 465 g/mol. The van der Waals surface area contributed by atoms with Gasteiger partial charge in [0.1, 0.15) is 5.02 Å². The van der Waals surface area contributed by atoms with Crippen LogP contribution in [0.15, 0.2) is 59.9 Å². The molecule has 0 aliphatic carbocycles. The molecule has 0 unspecified atom stereocenters. The van der Waals surface area contributed by atoms with E-state index in [1.165, 1.54) is 31.4 Å². The van der Waals surface area contributed by atoms with Crippen molar-refractivity contribution in [1.82, 2.24) is 13.9 Å². The first-order valence-corrected chi connectivity index (χ1v) is 10.7. The normalized spacial score (nSPS) is 11.5. The van der Waals surface area contributed by atoms with Gasteiger partial charge in [0, 0.05) is 13.2 Å². The smallest absolute Gasteiger partial charge is 0.388 e. The highest BCUT2D eigenvalue weighted by atomic mass is 35.5. The molecule has 0 amide bonds. The molecule has 13 heteroatoms.